The van der Waals surface area contributed by atoms with Gasteiger partial charge < -0.3 is 15.7 Å². The summed E-state index contributed by atoms with van der Waals surface area (Å²) in [7, 11) is 0. The van der Waals surface area contributed by atoms with E-state index in [0.717, 1.165) is 24.0 Å². The lowest BCUT2D eigenvalue weighted by Gasteiger charge is -2.43. The van der Waals surface area contributed by atoms with Crippen molar-refractivity contribution in [2.24, 2.45) is 5.92 Å². The van der Waals surface area contributed by atoms with Gasteiger partial charge in [-0.05, 0) is 36.7 Å². The lowest BCUT2D eigenvalue weighted by atomic mass is 9.75. The predicted octanol–water partition coefficient (Wildman–Crippen LogP) is 1.93. The molecule has 2 aliphatic heterocycles. The Bertz CT molecular complexity index is 424. The molecular weight excluding hydrogens is 280 g/mol. The van der Waals surface area contributed by atoms with Crippen LogP contribution in [-0.2, 0) is 0 Å². The van der Waals surface area contributed by atoms with Crippen LogP contribution in [0.25, 0.3) is 0 Å². The zero-order chi connectivity index (χ0) is 11.8. The molecule has 0 radical (unpaired) electrons. The molecule has 3 rings (SSSR count). The van der Waals surface area contributed by atoms with Crippen molar-refractivity contribution < 1.29 is 5.11 Å². The molecule has 3 nitrogen and oxygen atoms in total. The van der Waals surface area contributed by atoms with Gasteiger partial charge in [0.05, 0.1) is 6.61 Å². The average molecular weight is 297 g/mol. The summed E-state index contributed by atoms with van der Waals surface area (Å²) in [6, 6.07) is 6.80. The number of rotatable bonds is 1. The van der Waals surface area contributed by atoms with Crippen LogP contribution in [0, 0.1) is 5.92 Å². The molecule has 0 aromatic heterocycles. The third-order valence-corrected chi connectivity index (χ3v) is 4.49. The van der Waals surface area contributed by atoms with Crippen molar-refractivity contribution in [3.8, 4) is 0 Å². The lowest BCUT2D eigenvalue weighted by Crippen LogP contribution is -2.49. The van der Waals surface area contributed by atoms with E-state index in [4.69, 9.17) is 0 Å². The fraction of sp³-hybridized carbons (Fsp3) is 0.538. The highest BCUT2D eigenvalue weighted by Crippen LogP contribution is 2.40. The van der Waals surface area contributed by atoms with Crippen molar-refractivity contribution in [2.45, 2.75) is 18.4 Å². The summed E-state index contributed by atoms with van der Waals surface area (Å²) < 4.78 is 1.08. The molecule has 0 bridgehead atoms. The summed E-state index contributed by atoms with van der Waals surface area (Å²) in [4.78, 5) is 0. The van der Waals surface area contributed by atoms with Gasteiger partial charge >= 0.3 is 0 Å². The fourth-order valence-electron chi connectivity index (χ4n) is 3.12. The molecule has 3 atom stereocenters. The minimum atomic E-state index is 0.230. The highest BCUT2D eigenvalue weighted by atomic mass is 79.9. The van der Waals surface area contributed by atoms with Crippen LogP contribution in [0.3, 0.4) is 0 Å². The van der Waals surface area contributed by atoms with Gasteiger partial charge in [-0.2, -0.15) is 0 Å². The van der Waals surface area contributed by atoms with Crippen molar-refractivity contribution in [3.05, 3.63) is 28.2 Å². The number of halogens is 1. The number of piperidine rings is 1. The molecule has 3 unspecified atom stereocenters. The Morgan fingerprint density at radius 1 is 1.41 bits per heavy atom. The van der Waals surface area contributed by atoms with E-state index in [-0.39, 0.29) is 12.5 Å². The number of aliphatic hydroxyl groups excluding tert-OH is 1. The van der Waals surface area contributed by atoms with E-state index in [2.05, 4.69) is 44.8 Å². The van der Waals surface area contributed by atoms with E-state index >= 15 is 0 Å². The molecule has 1 aromatic rings. The van der Waals surface area contributed by atoms with Gasteiger partial charge in [0.2, 0.25) is 0 Å². The smallest absolute Gasteiger partial charge is 0.0504 e. The molecule has 17 heavy (non-hydrogen) atoms. The quantitative estimate of drug-likeness (QED) is 0.742. The van der Waals surface area contributed by atoms with Gasteiger partial charge in [0, 0.05) is 34.6 Å². The van der Waals surface area contributed by atoms with Gasteiger partial charge in [0.1, 0.15) is 0 Å². The molecule has 1 aromatic carbocycles. The Kier molecular flexibility index (Phi) is 3.11. The van der Waals surface area contributed by atoms with Crippen LogP contribution < -0.4 is 10.6 Å². The lowest BCUT2D eigenvalue weighted by molar-refractivity contribution is 0.189. The van der Waals surface area contributed by atoms with Crippen molar-refractivity contribution in [1.82, 2.24) is 5.32 Å². The van der Waals surface area contributed by atoms with E-state index in [1.807, 2.05) is 0 Å². The van der Waals surface area contributed by atoms with Crippen LogP contribution in [0.1, 0.15) is 17.9 Å². The SMILES string of the molecule is OCC1c2cc(Br)ccc2NC2CCNCC21. The van der Waals surface area contributed by atoms with Crippen molar-refractivity contribution in [1.29, 1.82) is 0 Å². The van der Waals surface area contributed by atoms with E-state index < -0.39 is 0 Å². The topological polar surface area (TPSA) is 44.3 Å². The first-order valence-corrected chi connectivity index (χ1v) is 6.96. The third-order valence-electron chi connectivity index (χ3n) is 4.00. The number of benzene rings is 1. The molecule has 0 amide bonds. The second-order valence-corrected chi connectivity index (χ2v) is 5.84. The summed E-state index contributed by atoms with van der Waals surface area (Å²) >= 11 is 3.51. The highest BCUT2D eigenvalue weighted by Gasteiger charge is 2.37. The van der Waals surface area contributed by atoms with Gasteiger partial charge in [-0.1, -0.05) is 15.9 Å². The first kappa shape index (κ1) is 11.5. The Morgan fingerprint density at radius 3 is 3.12 bits per heavy atom. The molecule has 1 saturated heterocycles. The van der Waals surface area contributed by atoms with E-state index in [1.54, 1.807) is 0 Å². The standard InChI is InChI=1S/C13H17BrN2O/c14-8-1-2-12-9(5-8)11(7-17)10-6-15-4-3-13(10)16-12/h1-2,5,10-11,13,15-17H,3-4,6-7H2. The zero-order valence-electron chi connectivity index (χ0n) is 9.62. The zero-order valence-corrected chi connectivity index (χ0v) is 11.2. The third kappa shape index (κ3) is 1.98. The minimum absolute atomic E-state index is 0.230. The Hall–Kier alpha value is -0.580. The molecule has 0 saturated carbocycles. The largest absolute Gasteiger partial charge is 0.396 e. The summed E-state index contributed by atoms with van der Waals surface area (Å²) in [5.41, 5.74) is 2.43. The monoisotopic (exact) mass is 296 g/mol. The summed E-state index contributed by atoms with van der Waals surface area (Å²) in [6.45, 7) is 2.29. The second-order valence-electron chi connectivity index (χ2n) is 4.93. The van der Waals surface area contributed by atoms with Crippen LogP contribution in [0.5, 0.6) is 0 Å². The molecule has 0 spiro atoms. The first-order chi connectivity index (χ1) is 8.29. The Morgan fingerprint density at radius 2 is 2.29 bits per heavy atom. The maximum absolute atomic E-state index is 9.70. The number of nitrogens with one attached hydrogen (secondary N) is 2. The maximum Gasteiger partial charge on any atom is 0.0504 e. The van der Waals surface area contributed by atoms with Crippen molar-refractivity contribution in [2.75, 3.05) is 25.0 Å². The molecule has 3 N–H and O–H groups in total. The van der Waals surface area contributed by atoms with Crippen molar-refractivity contribution in [3.63, 3.8) is 0 Å². The maximum atomic E-state index is 9.70. The van der Waals surface area contributed by atoms with Crippen LogP contribution in [-0.4, -0.2) is 30.8 Å². The molecular formula is C13H17BrN2O. The van der Waals surface area contributed by atoms with Crippen LogP contribution >= 0.6 is 15.9 Å². The summed E-state index contributed by atoms with van der Waals surface area (Å²) in [6.07, 6.45) is 1.14. The van der Waals surface area contributed by atoms with Gasteiger partial charge in [-0.25, -0.2) is 0 Å². The van der Waals surface area contributed by atoms with Crippen LogP contribution in [0.2, 0.25) is 0 Å². The number of hydrogen-bond acceptors (Lipinski definition) is 3. The highest BCUT2D eigenvalue weighted by molar-refractivity contribution is 9.10. The predicted molar refractivity (Wildman–Crippen MR) is 72.4 cm³/mol. The van der Waals surface area contributed by atoms with Crippen molar-refractivity contribution >= 4 is 21.6 Å². The molecule has 92 valence electrons. The summed E-state index contributed by atoms with van der Waals surface area (Å²) in [5.74, 6) is 0.747. The number of aliphatic hydroxyl groups is 1. The fourth-order valence-corrected chi connectivity index (χ4v) is 3.50. The Balaban J connectivity index is 2.01. The van der Waals surface area contributed by atoms with Gasteiger partial charge in [-0.3, -0.25) is 0 Å². The van der Waals surface area contributed by atoms with E-state index in [0.29, 0.717) is 12.0 Å². The van der Waals surface area contributed by atoms with Gasteiger partial charge in [-0.15, -0.1) is 0 Å². The average Bonchev–Trinajstić information content (AvgIpc) is 2.36. The number of anilines is 1. The van der Waals surface area contributed by atoms with Crippen LogP contribution in [0.15, 0.2) is 22.7 Å². The number of hydrogen-bond donors (Lipinski definition) is 3. The second kappa shape index (κ2) is 4.59. The molecule has 4 heteroatoms. The van der Waals surface area contributed by atoms with E-state index in [1.165, 1.54) is 11.3 Å². The molecule has 2 heterocycles. The summed E-state index contributed by atoms with van der Waals surface area (Å²) in [5, 5.41) is 16.7. The minimum Gasteiger partial charge on any atom is -0.396 e. The Labute approximate surface area is 110 Å². The van der Waals surface area contributed by atoms with E-state index in [9.17, 15) is 5.11 Å². The van der Waals surface area contributed by atoms with Gasteiger partial charge in [0.25, 0.3) is 0 Å². The first-order valence-electron chi connectivity index (χ1n) is 6.17. The van der Waals surface area contributed by atoms with Crippen LogP contribution in [0.4, 0.5) is 5.69 Å². The normalized spacial score (nSPS) is 31.3. The molecule has 1 fully saturated rings. The number of fused-ring (bicyclic) bond motifs is 2. The molecule has 2 aliphatic rings. The van der Waals surface area contributed by atoms with Gasteiger partial charge in [0.15, 0.2) is 0 Å². The molecule has 0 aliphatic carbocycles.